The molecule has 0 aliphatic rings. The molecule has 0 heterocycles. The highest BCUT2D eigenvalue weighted by Crippen LogP contribution is 2.27. The normalized spacial score (nSPS) is 10.2. The highest BCUT2D eigenvalue weighted by Gasteiger charge is 2.14. The molecule has 2 rings (SSSR count). The van der Waals surface area contributed by atoms with Crippen LogP contribution in [0.3, 0.4) is 0 Å². The Hall–Kier alpha value is -2.31. The fourth-order valence-electron chi connectivity index (χ4n) is 1.85. The Morgan fingerprint density at radius 1 is 1.26 bits per heavy atom. The lowest BCUT2D eigenvalue weighted by molar-refractivity contribution is -0.384. The van der Waals surface area contributed by atoms with E-state index in [1.165, 1.54) is 18.2 Å². The molecule has 0 radical (unpaired) electrons. The number of aryl methyl sites for hydroxylation is 1. The molecule has 0 bridgehead atoms. The Morgan fingerprint density at radius 3 is 2.65 bits per heavy atom. The van der Waals surface area contributed by atoms with Crippen molar-refractivity contribution >= 4 is 40.5 Å². The number of carbonyl (C=O) groups is 1. The van der Waals surface area contributed by atoms with Gasteiger partial charge in [0.05, 0.1) is 4.92 Å². The van der Waals surface area contributed by atoms with E-state index in [-0.39, 0.29) is 23.0 Å². The quantitative estimate of drug-likeness (QED) is 0.643. The third kappa shape index (κ3) is 4.58. The Labute approximate surface area is 142 Å². The van der Waals surface area contributed by atoms with Gasteiger partial charge in [-0.05, 0) is 42.8 Å². The number of carbonyl (C=O) groups excluding carboxylic acids is 1. The molecule has 1 amide bonds. The highest BCUT2D eigenvalue weighted by atomic mass is 35.5. The van der Waals surface area contributed by atoms with Crippen LogP contribution >= 0.6 is 23.2 Å². The van der Waals surface area contributed by atoms with Gasteiger partial charge >= 0.3 is 0 Å². The van der Waals surface area contributed by atoms with E-state index in [4.69, 9.17) is 27.9 Å². The minimum Gasteiger partial charge on any atom is -0.483 e. The van der Waals surface area contributed by atoms with Crippen LogP contribution in [0, 0.1) is 17.0 Å². The maximum absolute atomic E-state index is 11.9. The van der Waals surface area contributed by atoms with Crippen molar-refractivity contribution in [2.75, 3.05) is 11.9 Å². The van der Waals surface area contributed by atoms with E-state index in [0.717, 1.165) is 5.56 Å². The van der Waals surface area contributed by atoms with Crippen LogP contribution < -0.4 is 10.1 Å². The molecule has 0 atom stereocenters. The number of halogens is 2. The molecule has 0 saturated heterocycles. The van der Waals surface area contributed by atoms with Gasteiger partial charge in [0, 0.05) is 16.8 Å². The number of hydrogen-bond acceptors (Lipinski definition) is 4. The second kappa shape index (κ2) is 7.30. The van der Waals surface area contributed by atoms with E-state index in [1.54, 1.807) is 18.2 Å². The average molecular weight is 355 g/mol. The zero-order valence-corrected chi connectivity index (χ0v) is 13.5. The fraction of sp³-hybridized carbons (Fsp3) is 0.133. The molecular weight excluding hydrogens is 343 g/mol. The maximum atomic E-state index is 11.9. The lowest BCUT2D eigenvalue weighted by atomic mass is 10.2. The summed E-state index contributed by atoms with van der Waals surface area (Å²) in [5, 5.41) is 13.9. The third-order valence-electron chi connectivity index (χ3n) is 2.92. The van der Waals surface area contributed by atoms with E-state index in [2.05, 4.69) is 5.32 Å². The molecule has 0 aromatic heterocycles. The minimum absolute atomic E-state index is 0.000961. The number of nitrogens with one attached hydrogen (secondary N) is 1. The molecule has 120 valence electrons. The number of nitro benzene ring substituents is 1. The minimum atomic E-state index is -0.619. The molecule has 0 aliphatic heterocycles. The number of anilines is 1. The summed E-state index contributed by atoms with van der Waals surface area (Å²) in [6.07, 6.45) is 0. The Balaban J connectivity index is 2.00. The van der Waals surface area contributed by atoms with Crippen LogP contribution in [0.25, 0.3) is 0 Å². The standard InChI is InChI=1S/C15H12Cl2N2O4/c1-9-6-10(16)2-5-14(9)23-8-15(20)18-11-3-4-12(17)13(7-11)19(21)22/h2-7H,8H2,1H3,(H,18,20). The molecule has 23 heavy (non-hydrogen) atoms. The van der Waals surface area contributed by atoms with Gasteiger partial charge in [-0.15, -0.1) is 0 Å². The first-order chi connectivity index (χ1) is 10.9. The smallest absolute Gasteiger partial charge is 0.289 e. The van der Waals surface area contributed by atoms with Crippen molar-refractivity contribution in [1.82, 2.24) is 0 Å². The van der Waals surface area contributed by atoms with Crippen molar-refractivity contribution in [3.05, 3.63) is 62.1 Å². The van der Waals surface area contributed by atoms with Gasteiger partial charge in [-0.1, -0.05) is 23.2 Å². The number of rotatable bonds is 5. The Kier molecular flexibility index (Phi) is 5.41. The SMILES string of the molecule is Cc1cc(Cl)ccc1OCC(=O)Nc1ccc(Cl)c([N+](=O)[O-])c1. The maximum Gasteiger partial charge on any atom is 0.289 e. The molecule has 0 saturated carbocycles. The van der Waals surface area contributed by atoms with Gasteiger partial charge in [-0.2, -0.15) is 0 Å². The summed E-state index contributed by atoms with van der Waals surface area (Å²) in [7, 11) is 0. The number of benzene rings is 2. The summed E-state index contributed by atoms with van der Waals surface area (Å²) in [4.78, 5) is 22.1. The van der Waals surface area contributed by atoms with Gasteiger partial charge in [0.1, 0.15) is 10.8 Å². The van der Waals surface area contributed by atoms with Gasteiger partial charge < -0.3 is 10.1 Å². The van der Waals surface area contributed by atoms with Gasteiger partial charge in [-0.25, -0.2) is 0 Å². The predicted octanol–water partition coefficient (Wildman–Crippen LogP) is 4.23. The molecule has 0 aliphatic carbocycles. The number of nitro groups is 1. The zero-order chi connectivity index (χ0) is 17.0. The van der Waals surface area contributed by atoms with Crippen LogP contribution in [0.5, 0.6) is 5.75 Å². The highest BCUT2D eigenvalue weighted by molar-refractivity contribution is 6.32. The lowest BCUT2D eigenvalue weighted by Crippen LogP contribution is -2.20. The van der Waals surface area contributed by atoms with Gasteiger partial charge in [-0.3, -0.25) is 14.9 Å². The largest absolute Gasteiger partial charge is 0.483 e. The first-order valence-corrected chi connectivity index (χ1v) is 7.25. The number of ether oxygens (including phenoxy) is 1. The molecule has 0 fully saturated rings. The van der Waals surface area contributed by atoms with Crippen LogP contribution in [0.4, 0.5) is 11.4 Å². The van der Waals surface area contributed by atoms with Gasteiger partial charge in [0.15, 0.2) is 6.61 Å². The summed E-state index contributed by atoms with van der Waals surface area (Å²) in [6.45, 7) is 1.57. The Bertz CT molecular complexity index is 765. The second-order valence-corrected chi connectivity index (χ2v) is 5.51. The summed E-state index contributed by atoms with van der Waals surface area (Å²) in [5.74, 6) is 0.0857. The molecule has 1 N–H and O–H groups in total. The van der Waals surface area contributed by atoms with Crippen LogP contribution in [0.2, 0.25) is 10.0 Å². The number of nitrogens with zero attached hydrogens (tertiary/aromatic N) is 1. The second-order valence-electron chi connectivity index (χ2n) is 4.67. The van der Waals surface area contributed by atoms with Gasteiger partial charge in [0.25, 0.3) is 11.6 Å². The van der Waals surface area contributed by atoms with E-state index in [9.17, 15) is 14.9 Å². The fourth-order valence-corrected chi connectivity index (χ4v) is 2.26. The summed E-state index contributed by atoms with van der Waals surface area (Å²) < 4.78 is 5.40. The molecule has 0 unspecified atom stereocenters. The van der Waals surface area contributed by atoms with E-state index in [1.807, 2.05) is 6.92 Å². The van der Waals surface area contributed by atoms with Crippen molar-refractivity contribution in [2.45, 2.75) is 6.92 Å². The number of amides is 1. The molecule has 2 aromatic rings. The van der Waals surface area contributed by atoms with Crippen molar-refractivity contribution in [1.29, 1.82) is 0 Å². The first kappa shape index (κ1) is 17.1. The van der Waals surface area contributed by atoms with Crippen LogP contribution in [-0.4, -0.2) is 17.4 Å². The number of hydrogen-bond donors (Lipinski definition) is 1. The van der Waals surface area contributed by atoms with Crippen molar-refractivity contribution in [2.24, 2.45) is 0 Å². The zero-order valence-electron chi connectivity index (χ0n) is 12.0. The van der Waals surface area contributed by atoms with Crippen LogP contribution in [0.1, 0.15) is 5.56 Å². The van der Waals surface area contributed by atoms with E-state index in [0.29, 0.717) is 10.8 Å². The van der Waals surface area contributed by atoms with Crippen molar-refractivity contribution in [3.8, 4) is 5.75 Å². The molecule has 0 spiro atoms. The van der Waals surface area contributed by atoms with Crippen LogP contribution in [-0.2, 0) is 4.79 Å². The molecule has 6 nitrogen and oxygen atoms in total. The van der Waals surface area contributed by atoms with E-state index >= 15 is 0 Å². The van der Waals surface area contributed by atoms with Gasteiger partial charge in [0.2, 0.25) is 0 Å². The molecule has 2 aromatic carbocycles. The average Bonchev–Trinajstić information content (AvgIpc) is 2.48. The predicted molar refractivity (Wildman–Crippen MR) is 88.4 cm³/mol. The molecular formula is C15H12Cl2N2O4. The summed E-state index contributed by atoms with van der Waals surface area (Å²) in [6, 6.07) is 9.05. The summed E-state index contributed by atoms with van der Waals surface area (Å²) >= 11 is 11.5. The molecule has 8 heteroatoms. The Morgan fingerprint density at radius 2 is 2.00 bits per heavy atom. The monoisotopic (exact) mass is 354 g/mol. The first-order valence-electron chi connectivity index (χ1n) is 6.49. The topological polar surface area (TPSA) is 81.5 Å². The third-order valence-corrected chi connectivity index (χ3v) is 3.48. The van der Waals surface area contributed by atoms with Crippen LogP contribution in [0.15, 0.2) is 36.4 Å². The van der Waals surface area contributed by atoms with E-state index < -0.39 is 10.8 Å². The van der Waals surface area contributed by atoms with Crippen molar-refractivity contribution in [3.63, 3.8) is 0 Å². The lowest BCUT2D eigenvalue weighted by Gasteiger charge is -2.10. The summed E-state index contributed by atoms with van der Waals surface area (Å²) in [5.41, 5.74) is 0.786. The van der Waals surface area contributed by atoms with Crippen molar-refractivity contribution < 1.29 is 14.5 Å².